The smallest absolute Gasteiger partial charge is 0.251 e. The Bertz CT molecular complexity index is 297. The zero-order valence-electron chi connectivity index (χ0n) is 7.58. The molecule has 2 N–H and O–H groups in total. The van der Waals surface area contributed by atoms with Gasteiger partial charge in [-0.05, 0) is 24.6 Å². The van der Waals surface area contributed by atoms with Gasteiger partial charge in [-0.2, -0.15) is 0 Å². The lowest BCUT2D eigenvalue weighted by molar-refractivity contribution is 0.0955. The zero-order chi connectivity index (χ0) is 9.68. The Morgan fingerprint density at radius 3 is 2.92 bits per heavy atom. The van der Waals surface area contributed by atoms with Gasteiger partial charge in [-0.15, -0.1) is 0 Å². The van der Waals surface area contributed by atoms with Crippen LogP contribution in [0.5, 0.6) is 0 Å². The first-order valence-electron chi connectivity index (χ1n) is 4.26. The van der Waals surface area contributed by atoms with E-state index in [-0.39, 0.29) is 12.5 Å². The van der Waals surface area contributed by atoms with Crippen molar-refractivity contribution in [2.75, 3.05) is 6.54 Å². The molecule has 0 aliphatic heterocycles. The van der Waals surface area contributed by atoms with Crippen molar-refractivity contribution in [1.82, 2.24) is 5.32 Å². The normalized spacial score (nSPS) is 9.69. The first-order valence-corrected chi connectivity index (χ1v) is 4.26. The fourth-order valence-electron chi connectivity index (χ4n) is 1.07. The Morgan fingerprint density at radius 1 is 1.54 bits per heavy atom. The molecule has 0 aliphatic carbocycles. The molecule has 0 atom stereocenters. The van der Waals surface area contributed by atoms with E-state index in [0.29, 0.717) is 12.1 Å². The Kier molecular flexibility index (Phi) is 3.46. The van der Waals surface area contributed by atoms with Crippen molar-refractivity contribution < 1.29 is 9.90 Å². The molecule has 1 aromatic rings. The summed E-state index contributed by atoms with van der Waals surface area (Å²) in [6.07, 6.45) is 0. The van der Waals surface area contributed by atoms with Crippen molar-refractivity contribution in [2.45, 2.75) is 13.5 Å². The standard InChI is InChI=1S/C10H13NO2/c1-2-11-10(13)9-5-3-4-8(6-9)7-12/h3-6,12H,2,7H2,1H3,(H,11,13). The van der Waals surface area contributed by atoms with Crippen LogP contribution in [0.15, 0.2) is 24.3 Å². The number of carbonyl (C=O) groups excluding carboxylic acids is 1. The summed E-state index contributed by atoms with van der Waals surface area (Å²) < 4.78 is 0. The number of rotatable bonds is 3. The monoisotopic (exact) mass is 179 g/mol. The number of benzene rings is 1. The van der Waals surface area contributed by atoms with Gasteiger partial charge in [0.15, 0.2) is 0 Å². The van der Waals surface area contributed by atoms with Crippen LogP contribution < -0.4 is 5.32 Å². The van der Waals surface area contributed by atoms with Crippen molar-refractivity contribution in [1.29, 1.82) is 0 Å². The SMILES string of the molecule is CCNC(=O)c1cccc(CO)c1. The molecule has 70 valence electrons. The van der Waals surface area contributed by atoms with Crippen LogP contribution in [0, 0.1) is 0 Å². The number of hydrogen-bond donors (Lipinski definition) is 2. The third-order valence-electron chi connectivity index (χ3n) is 1.71. The molecule has 13 heavy (non-hydrogen) atoms. The van der Waals surface area contributed by atoms with E-state index in [9.17, 15) is 4.79 Å². The molecule has 0 radical (unpaired) electrons. The Labute approximate surface area is 77.4 Å². The average Bonchev–Trinajstić information content (AvgIpc) is 2.18. The van der Waals surface area contributed by atoms with Gasteiger partial charge >= 0.3 is 0 Å². The van der Waals surface area contributed by atoms with E-state index in [0.717, 1.165) is 5.56 Å². The molecule has 0 bridgehead atoms. The van der Waals surface area contributed by atoms with Gasteiger partial charge in [0.25, 0.3) is 5.91 Å². The summed E-state index contributed by atoms with van der Waals surface area (Å²) in [6, 6.07) is 6.95. The molecule has 0 fully saturated rings. The first-order chi connectivity index (χ1) is 6.27. The third kappa shape index (κ3) is 2.56. The highest BCUT2D eigenvalue weighted by Gasteiger charge is 2.03. The lowest BCUT2D eigenvalue weighted by Crippen LogP contribution is -2.22. The summed E-state index contributed by atoms with van der Waals surface area (Å²) in [5, 5.41) is 11.5. The summed E-state index contributed by atoms with van der Waals surface area (Å²) in [7, 11) is 0. The van der Waals surface area contributed by atoms with Crippen LogP contribution in [0.4, 0.5) is 0 Å². The second-order valence-corrected chi connectivity index (χ2v) is 2.72. The van der Waals surface area contributed by atoms with Crippen LogP contribution >= 0.6 is 0 Å². The topological polar surface area (TPSA) is 49.3 Å². The Balaban J connectivity index is 2.82. The minimum absolute atomic E-state index is 0.0345. The van der Waals surface area contributed by atoms with Crippen LogP contribution in [0.1, 0.15) is 22.8 Å². The van der Waals surface area contributed by atoms with E-state index in [1.807, 2.05) is 6.92 Å². The molecule has 3 nitrogen and oxygen atoms in total. The fraction of sp³-hybridized carbons (Fsp3) is 0.300. The molecule has 0 spiro atoms. The number of aliphatic hydroxyl groups excluding tert-OH is 1. The van der Waals surface area contributed by atoms with Crippen LogP contribution in [-0.4, -0.2) is 17.6 Å². The van der Waals surface area contributed by atoms with Gasteiger partial charge in [-0.1, -0.05) is 12.1 Å². The van der Waals surface area contributed by atoms with E-state index >= 15 is 0 Å². The van der Waals surface area contributed by atoms with Gasteiger partial charge in [-0.25, -0.2) is 0 Å². The van der Waals surface area contributed by atoms with Gasteiger partial charge in [0.2, 0.25) is 0 Å². The van der Waals surface area contributed by atoms with Crippen LogP contribution in [-0.2, 0) is 6.61 Å². The van der Waals surface area contributed by atoms with Crippen molar-refractivity contribution >= 4 is 5.91 Å². The Morgan fingerprint density at radius 2 is 2.31 bits per heavy atom. The van der Waals surface area contributed by atoms with Gasteiger partial charge in [0.05, 0.1) is 6.61 Å². The minimum atomic E-state index is -0.0993. The van der Waals surface area contributed by atoms with E-state index in [4.69, 9.17) is 5.11 Å². The van der Waals surface area contributed by atoms with E-state index in [1.165, 1.54) is 0 Å². The number of aliphatic hydroxyl groups is 1. The van der Waals surface area contributed by atoms with Gasteiger partial charge in [0, 0.05) is 12.1 Å². The summed E-state index contributed by atoms with van der Waals surface area (Å²) in [5.74, 6) is -0.0993. The summed E-state index contributed by atoms with van der Waals surface area (Å²) in [5.41, 5.74) is 1.34. The highest BCUT2D eigenvalue weighted by Crippen LogP contribution is 2.04. The van der Waals surface area contributed by atoms with Gasteiger partial charge < -0.3 is 10.4 Å². The van der Waals surface area contributed by atoms with Gasteiger partial charge in [0.1, 0.15) is 0 Å². The molecular formula is C10H13NO2. The van der Waals surface area contributed by atoms with E-state index < -0.39 is 0 Å². The average molecular weight is 179 g/mol. The van der Waals surface area contributed by atoms with Crippen molar-refractivity contribution in [3.05, 3.63) is 35.4 Å². The largest absolute Gasteiger partial charge is 0.392 e. The minimum Gasteiger partial charge on any atom is -0.392 e. The lowest BCUT2D eigenvalue weighted by Gasteiger charge is -2.03. The third-order valence-corrected chi connectivity index (χ3v) is 1.71. The number of amides is 1. The molecule has 0 unspecified atom stereocenters. The maximum Gasteiger partial charge on any atom is 0.251 e. The van der Waals surface area contributed by atoms with Crippen LogP contribution in [0.3, 0.4) is 0 Å². The number of nitrogens with one attached hydrogen (secondary N) is 1. The predicted octanol–water partition coefficient (Wildman–Crippen LogP) is 0.929. The van der Waals surface area contributed by atoms with E-state index in [2.05, 4.69) is 5.32 Å². The van der Waals surface area contributed by atoms with Gasteiger partial charge in [-0.3, -0.25) is 4.79 Å². The van der Waals surface area contributed by atoms with Crippen molar-refractivity contribution in [3.63, 3.8) is 0 Å². The number of hydrogen-bond acceptors (Lipinski definition) is 2. The highest BCUT2D eigenvalue weighted by molar-refractivity contribution is 5.94. The zero-order valence-corrected chi connectivity index (χ0v) is 7.58. The first kappa shape index (κ1) is 9.74. The number of carbonyl (C=O) groups is 1. The maximum absolute atomic E-state index is 11.3. The molecule has 1 amide bonds. The summed E-state index contributed by atoms with van der Waals surface area (Å²) in [6.45, 7) is 2.45. The van der Waals surface area contributed by atoms with E-state index in [1.54, 1.807) is 24.3 Å². The van der Waals surface area contributed by atoms with Crippen LogP contribution in [0.25, 0.3) is 0 Å². The fourth-order valence-corrected chi connectivity index (χ4v) is 1.07. The molecule has 0 heterocycles. The molecule has 0 saturated heterocycles. The van der Waals surface area contributed by atoms with Crippen molar-refractivity contribution in [2.24, 2.45) is 0 Å². The molecule has 1 rings (SSSR count). The quantitative estimate of drug-likeness (QED) is 0.725. The molecule has 3 heteroatoms. The molecule has 0 aliphatic rings. The van der Waals surface area contributed by atoms with Crippen molar-refractivity contribution in [3.8, 4) is 0 Å². The second kappa shape index (κ2) is 4.62. The van der Waals surface area contributed by atoms with Crippen LogP contribution in [0.2, 0.25) is 0 Å². The summed E-state index contributed by atoms with van der Waals surface area (Å²) in [4.78, 5) is 11.3. The highest BCUT2D eigenvalue weighted by atomic mass is 16.3. The molecular weight excluding hydrogens is 166 g/mol. The second-order valence-electron chi connectivity index (χ2n) is 2.72. The molecule has 1 aromatic carbocycles. The Hall–Kier alpha value is -1.35. The molecule has 0 saturated carbocycles. The predicted molar refractivity (Wildman–Crippen MR) is 50.4 cm³/mol. The lowest BCUT2D eigenvalue weighted by atomic mass is 10.1. The molecule has 0 aromatic heterocycles. The summed E-state index contributed by atoms with van der Waals surface area (Å²) >= 11 is 0. The maximum atomic E-state index is 11.3.